The molecule has 0 saturated carbocycles. The first-order chi connectivity index (χ1) is 7.09. The minimum atomic E-state index is 0.644. The third kappa shape index (κ3) is 1.87. The molecule has 0 aliphatic carbocycles. The molecule has 0 bridgehead atoms. The summed E-state index contributed by atoms with van der Waals surface area (Å²) in [6.45, 7) is 4.01. The molecule has 2 aromatic rings. The number of hydrogen-bond acceptors (Lipinski definition) is 1. The monoisotopic (exact) mass is 240 g/mol. The Kier molecular flexibility index (Phi) is 2.72. The Morgan fingerprint density at radius 3 is 2.53 bits per heavy atom. The molecule has 0 N–H and O–H groups in total. The normalized spacial score (nSPS) is 10.7. The van der Waals surface area contributed by atoms with Crippen molar-refractivity contribution in [1.82, 2.24) is 9.78 Å². The molecule has 0 unspecified atom stereocenters. The van der Waals surface area contributed by atoms with Gasteiger partial charge in [0.15, 0.2) is 0 Å². The second-order valence-electron chi connectivity index (χ2n) is 3.42. The van der Waals surface area contributed by atoms with Crippen LogP contribution in [-0.2, 0) is 0 Å². The summed E-state index contributed by atoms with van der Waals surface area (Å²) in [5.74, 6) is 0. The molecule has 1 aromatic carbocycles. The lowest BCUT2D eigenvalue weighted by Crippen LogP contribution is -1.99. The minimum absolute atomic E-state index is 0.644. The van der Waals surface area contributed by atoms with Gasteiger partial charge in [0.05, 0.1) is 16.9 Å². The van der Waals surface area contributed by atoms with Crippen LogP contribution in [-0.4, -0.2) is 9.78 Å². The lowest BCUT2D eigenvalue weighted by atomic mass is 10.3. The first-order valence-electron chi connectivity index (χ1n) is 4.56. The number of nitrogens with zero attached hydrogens (tertiary/aromatic N) is 2. The zero-order valence-corrected chi connectivity index (χ0v) is 9.97. The summed E-state index contributed by atoms with van der Waals surface area (Å²) in [5, 5.41) is 5.56. The molecule has 0 fully saturated rings. The van der Waals surface area contributed by atoms with Crippen LogP contribution in [0.3, 0.4) is 0 Å². The Labute approximate surface area is 98.4 Å². The predicted octanol–water partition coefficient (Wildman–Crippen LogP) is 3.80. The minimum Gasteiger partial charge on any atom is -0.236 e. The largest absolute Gasteiger partial charge is 0.236 e. The molecule has 0 aliphatic heterocycles. The average Bonchev–Trinajstić information content (AvgIpc) is 2.52. The van der Waals surface area contributed by atoms with Gasteiger partial charge >= 0.3 is 0 Å². The van der Waals surface area contributed by atoms with E-state index >= 15 is 0 Å². The smallest absolute Gasteiger partial charge is 0.0849 e. The van der Waals surface area contributed by atoms with Gasteiger partial charge in [-0.1, -0.05) is 23.2 Å². The Bertz CT molecular complexity index is 503. The first kappa shape index (κ1) is 10.5. The Balaban J connectivity index is 2.63. The predicted molar refractivity (Wildman–Crippen MR) is 63.1 cm³/mol. The second-order valence-corrected chi connectivity index (χ2v) is 4.26. The first-order valence-corrected chi connectivity index (χ1v) is 5.32. The van der Waals surface area contributed by atoms with Crippen molar-refractivity contribution >= 4 is 23.2 Å². The summed E-state index contributed by atoms with van der Waals surface area (Å²) in [6.07, 6.45) is 1.81. The number of hydrogen-bond donors (Lipinski definition) is 0. The fourth-order valence-corrected chi connectivity index (χ4v) is 1.75. The molecule has 4 heteroatoms. The SMILES string of the molecule is Cc1cnn(-c2cc(Cl)ccc2Cl)c1C. The number of rotatable bonds is 1. The Hall–Kier alpha value is -0.990. The molecule has 0 saturated heterocycles. The van der Waals surface area contributed by atoms with E-state index in [1.807, 2.05) is 26.1 Å². The maximum atomic E-state index is 6.09. The summed E-state index contributed by atoms with van der Waals surface area (Å²) in [6, 6.07) is 5.35. The van der Waals surface area contributed by atoms with E-state index in [2.05, 4.69) is 5.10 Å². The fourth-order valence-electron chi connectivity index (χ4n) is 1.38. The van der Waals surface area contributed by atoms with Crippen LogP contribution in [0.15, 0.2) is 24.4 Å². The molecule has 0 amide bonds. The van der Waals surface area contributed by atoms with Gasteiger partial charge in [0.2, 0.25) is 0 Å². The van der Waals surface area contributed by atoms with Crippen molar-refractivity contribution in [3.8, 4) is 5.69 Å². The standard InChI is InChI=1S/C11H10Cl2N2/c1-7-6-14-15(8(7)2)11-5-9(12)3-4-10(11)13/h3-6H,1-2H3. The summed E-state index contributed by atoms with van der Waals surface area (Å²) >= 11 is 12.0. The zero-order chi connectivity index (χ0) is 11.0. The third-order valence-corrected chi connectivity index (χ3v) is 2.95. The van der Waals surface area contributed by atoms with E-state index in [0.717, 1.165) is 16.9 Å². The molecule has 1 aromatic heterocycles. The molecular weight excluding hydrogens is 231 g/mol. The molecule has 0 spiro atoms. The zero-order valence-electron chi connectivity index (χ0n) is 8.46. The maximum Gasteiger partial charge on any atom is 0.0849 e. The highest BCUT2D eigenvalue weighted by molar-refractivity contribution is 6.34. The number of aromatic nitrogens is 2. The van der Waals surface area contributed by atoms with Crippen molar-refractivity contribution in [3.05, 3.63) is 45.7 Å². The number of halogens is 2. The summed E-state index contributed by atoms with van der Waals surface area (Å²) in [4.78, 5) is 0. The van der Waals surface area contributed by atoms with E-state index in [-0.39, 0.29) is 0 Å². The van der Waals surface area contributed by atoms with E-state index in [4.69, 9.17) is 23.2 Å². The molecule has 78 valence electrons. The van der Waals surface area contributed by atoms with E-state index in [9.17, 15) is 0 Å². The maximum absolute atomic E-state index is 6.09. The molecule has 0 radical (unpaired) electrons. The van der Waals surface area contributed by atoms with Crippen LogP contribution in [0.1, 0.15) is 11.3 Å². The van der Waals surface area contributed by atoms with Crippen LogP contribution in [0.25, 0.3) is 5.69 Å². The van der Waals surface area contributed by atoms with Crippen LogP contribution < -0.4 is 0 Å². The third-order valence-electron chi connectivity index (χ3n) is 2.39. The molecule has 0 atom stereocenters. The summed E-state index contributed by atoms with van der Waals surface area (Å²) < 4.78 is 1.80. The van der Waals surface area contributed by atoms with E-state index in [1.54, 1.807) is 16.8 Å². The van der Waals surface area contributed by atoms with E-state index in [1.165, 1.54) is 0 Å². The van der Waals surface area contributed by atoms with Crippen molar-refractivity contribution in [3.63, 3.8) is 0 Å². The van der Waals surface area contributed by atoms with Gasteiger partial charge in [0, 0.05) is 10.7 Å². The number of aryl methyl sites for hydroxylation is 1. The van der Waals surface area contributed by atoms with Gasteiger partial charge in [-0.3, -0.25) is 0 Å². The van der Waals surface area contributed by atoms with Crippen LogP contribution in [0.4, 0.5) is 0 Å². The molecule has 1 heterocycles. The average molecular weight is 241 g/mol. The van der Waals surface area contributed by atoms with Crippen LogP contribution in [0, 0.1) is 13.8 Å². The quantitative estimate of drug-likeness (QED) is 0.742. The van der Waals surface area contributed by atoms with E-state index < -0.39 is 0 Å². The highest BCUT2D eigenvalue weighted by Crippen LogP contribution is 2.25. The molecular formula is C11H10Cl2N2. The van der Waals surface area contributed by atoms with Gasteiger partial charge in [0.25, 0.3) is 0 Å². The molecule has 2 rings (SSSR count). The van der Waals surface area contributed by atoms with Crippen LogP contribution in [0.2, 0.25) is 10.0 Å². The van der Waals surface area contributed by atoms with Crippen molar-refractivity contribution in [2.45, 2.75) is 13.8 Å². The lowest BCUT2D eigenvalue weighted by molar-refractivity contribution is 0.846. The highest BCUT2D eigenvalue weighted by atomic mass is 35.5. The van der Waals surface area contributed by atoms with Gasteiger partial charge in [0.1, 0.15) is 0 Å². The summed E-state index contributed by atoms with van der Waals surface area (Å²) in [5.41, 5.74) is 3.01. The van der Waals surface area contributed by atoms with E-state index in [0.29, 0.717) is 10.0 Å². The molecule has 15 heavy (non-hydrogen) atoms. The van der Waals surface area contributed by atoms with Gasteiger partial charge in [-0.2, -0.15) is 5.10 Å². The van der Waals surface area contributed by atoms with Gasteiger partial charge in [-0.25, -0.2) is 4.68 Å². The number of benzene rings is 1. The summed E-state index contributed by atoms with van der Waals surface area (Å²) in [7, 11) is 0. The van der Waals surface area contributed by atoms with Crippen molar-refractivity contribution in [1.29, 1.82) is 0 Å². The van der Waals surface area contributed by atoms with Gasteiger partial charge in [-0.15, -0.1) is 0 Å². The Morgan fingerprint density at radius 2 is 1.93 bits per heavy atom. The van der Waals surface area contributed by atoms with Crippen LogP contribution >= 0.6 is 23.2 Å². The van der Waals surface area contributed by atoms with Gasteiger partial charge < -0.3 is 0 Å². The second kappa shape index (κ2) is 3.87. The fraction of sp³-hybridized carbons (Fsp3) is 0.182. The molecule has 2 nitrogen and oxygen atoms in total. The highest BCUT2D eigenvalue weighted by Gasteiger charge is 2.08. The topological polar surface area (TPSA) is 17.8 Å². The Morgan fingerprint density at radius 1 is 1.20 bits per heavy atom. The van der Waals surface area contributed by atoms with Crippen LogP contribution in [0.5, 0.6) is 0 Å². The van der Waals surface area contributed by atoms with Crippen molar-refractivity contribution < 1.29 is 0 Å². The van der Waals surface area contributed by atoms with Crippen molar-refractivity contribution in [2.75, 3.05) is 0 Å². The van der Waals surface area contributed by atoms with Crippen molar-refractivity contribution in [2.24, 2.45) is 0 Å². The molecule has 0 aliphatic rings. The lowest BCUT2D eigenvalue weighted by Gasteiger charge is -2.07. The van der Waals surface area contributed by atoms with Gasteiger partial charge in [-0.05, 0) is 37.6 Å².